The molecule has 6 heteroatoms. The number of amides is 4. The van der Waals surface area contributed by atoms with Crippen LogP contribution in [0, 0.1) is 17.8 Å². The zero-order valence-electron chi connectivity index (χ0n) is 16.3. The summed E-state index contributed by atoms with van der Waals surface area (Å²) in [4.78, 5) is 41.1. The summed E-state index contributed by atoms with van der Waals surface area (Å²) in [5.41, 5.74) is -0.795. The van der Waals surface area contributed by atoms with Gasteiger partial charge in [0.05, 0.1) is 0 Å². The van der Waals surface area contributed by atoms with Gasteiger partial charge in [0.25, 0.3) is 5.91 Å². The van der Waals surface area contributed by atoms with E-state index in [0.29, 0.717) is 31.3 Å². The summed E-state index contributed by atoms with van der Waals surface area (Å²) in [5, 5.41) is 2.91. The lowest BCUT2D eigenvalue weighted by Crippen LogP contribution is -2.54. The number of nitrogens with one attached hydrogen (secondary N) is 1. The van der Waals surface area contributed by atoms with Crippen molar-refractivity contribution in [2.75, 3.05) is 19.6 Å². The quantitative estimate of drug-likeness (QED) is 0.748. The number of carbonyl (C=O) groups is 3. The van der Waals surface area contributed by atoms with E-state index in [1.807, 2.05) is 6.92 Å². The van der Waals surface area contributed by atoms with Gasteiger partial charge in [-0.1, -0.05) is 47.5 Å². The van der Waals surface area contributed by atoms with Gasteiger partial charge >= 0.3 is 6.03 Å². The maximum atomic E-state index is 13.0. The maximum absolute atomic E-state index is 13.0. The molecule has 1 saturated heterocycles. The number of imide groups is 1. The maximum Gasteiger partial charge on any atom is 0.325 e. The van der Waals surface area contributed by atoms with Crippen molar-refractivity contribution in [2.45, 2.75) is 65.8 Å². The van der Waals surface area contributed by atoms with Crippen LogP contribution in [0.2, 0.25) is 0 Å². The van der Waals surface area contributed by atoms with Crippen LogP contribution in [0.4, 0.5) is 4.79 Å². The monoisotopic (exact) mass is 351 g/mol. The summed E-state index contributed by atoms with van der Waals surface area (Å²) in [6, 6.07) is -0.416. The first-order valence-electron chi connectivity index (χ1n) is 9.59. The lowest BCUT2D eigenvalue weighted by Gasteiger charge is -2.37. The van der Waals surface area contributed by atoms with Crippen LogP contribution >= 0.6 is 0 Å². The van der Waals surface area contributed by atoms with Gasteiger partial charge in [-0.25, -0.2) is 4.79 Å². The van der Waals surface area contributed by atoms with Gasteiger partial charge in [-0.05, 0) is 30.6 Å². The first kappa shape index (κ1) is 19.7. The molecule has 142 valence electrons. The molecule has 0 radical (unpaired) electrons. The third-order valence-corrected chi connectivity index (χ3v) is 5.32. The molecule has 6 nitrogen and oxygen atoms in total. The van der Waals surface area contributed by atoms with Gasteiger partial charge in [0, 0.05) is 13.1 Å². The van der Waals surface area contributed by atoms with E-state index in [1.54, 1.807) is 4.90 Å². The average Bonchev–Trinajstić information content (AvgIpc) is 2.74. The summed E-state index contributed by atoms with van der Waals surface area (Å²) in [6.07, 6.45) is 3.62. The van der Waals surface area contributed by atoms with Crippen LogP contribution in [0.25, 0.3) is 0 Å². The molecule has 1 aliphatic heterocycles. The highest BCUT2D eigenvalue weighted by molar-refractivity contribution is 6.09. The van der Waals surface area contributed by atoms with Crippen molar-refractivity contribution >= 4 is 17.8 Å². The first-order chi connectivity index (χ1) is 11.7. The Morgan fingerprint density at radius 2 is 1.80 bits per heavy atom. The molecule has 1 spiro atoms. The van der Waals surface area contributed by atoms with Crippen LogP contribution in [0.5, 0.6) is 0 Å². The van der Waals surface area contributed by atoms with Crippen LogP contribution in [0.3, 0.4) is 0 Å². The Hall–Kier alpha value is -1.59. The molecule has 1 saturated carbocycles. The van der Waals surface area contributed by atoms with Crippen LogP contribution in [0.1, 0.15) is 60.3 Å². The fourth-order valence-corrected chi connectivity index (χ4v) is 4.03. The number of nitrogens with zero attached hydrogens (tertiary/aromatic N) is 2. The van der Waals surface area contributed by atoms with Gasteiger partial charge in [0.15, 0.2) is 0 Å². The lowest BCUT2D eigenvalue weighted by molar-refractivity contribution is -0.141. The third kappa shape index (κ3) is 4.15. The van der Waals surface area contributed by atoms with Crippen molar-refractivity contribution in [3.63, 3.8) is 0 Å². The van der Waals surface area contributed by atoms with Crippen molar-refractivity contribution in [2.24, 2.45) is 17.8 Å². The first-order valence-corrected chi connectivity index (χ1v) is 9.59. The largest absolute Gasteiger partial charge is 0.341 e. The molecule has 2 fully saturated rings. The molecule has 2 rings (SSSR count). The highest BCUT2D eigenvalue weighted by Crippen LogP contribution is 2.38. The second-order valence-electron chi connectivity index (χ2n) is 8.53. The lowest BCUT2D eigenvalue weighted by atomic mass is 9.73. The second-order valence-corrected chi connectivity index (χ2v) is 8.53. The van der Waals surface area contributed by atoms with E-state index in [0.717, 1.165) is 24.2 Å². The molecule has 1 N–H and O–H groups in total. The van der Waals surface area contributed by atoms with Crippen molar-refractivity contribution in [3.05, 3.63) is 0 Å². The molecular formula is C19H33N3O3. The van der Waals surface area contributed by atoms with Crippen LogP contribution in [-0.2, 0) is 9.59 Å². The minimum atomic E-state index is -0.795. The predicted molar refractivity (Wildman–Crippen MR) is 96.9 cm³/mol. The third-order valence-electron chi connectivity index (χ3n) is 5.32. The van der Waals surface area contributed by atoms with Crippen molar-refractivity contribution in [1.29, 1.82) is 0 Å². The van der Waals surface area contributed by atoms with Crippen molar-refractivity contribution in [3.8, 4) is 0 Å². The van der Waals surface area contributed by atoms with Gasteiger partial charge in [0.1, 0.15) is 12.1 Å². The summed E-state index contributed by atoms with van der Waals surface area (Å²) in [6.45, 7) is 11.4. The van der Waals surface area contributed by atoms with Crippen LogP contribution in [-0.4, -0.2) is 52.8 Å². The zero-order chi connectivity index (χ0) is 18.8. The number of carbonyl (C=O) groups excluding carboxylic acids is 3. The van der Waals surface area contributed by atoms with Gasteiger partial charge in [-0.15, -0.1) is 0 Å². The molecule has 0 aromatic heterocycles. The summed E-state index contributed by atoms with van der Waals surface area (Å²) in [5.74, 6) is 0.435. The fourth-order valence-electron chi connectivity index (χ4n) is 4.03. The summed E-state index contributed by atoms with van der Waals surface area (Å²) in [7, 11) is 0. The predicted octanol–water partition coefficient (Wildman–Crippen LogP) is 2.63. The molecule has 0 unspecified atom stereocenters. The molecule has 2 aliphatic rings. The fraction of sp³-hybridized carbons (Fsp3) is 0.842. The number of rotatable bonds is 6. The summed E-state index contributed by atoms with van der Waals surface area (Å²) < 4.78 is 0. The standard InChI is InChI=1S/C19H33N3O3/c1-13(2)10-21(11-14(3)4)16(23)12-22-17(24)19(20-18(22)25)9-7-6-8-15(19)5/h13-15H,6-12H2,1-5H3,(H,20,25)/t15-,19-/m0/s1. The highest BCUT2D eigenvalue weighted by Gasteiger charge is 2.55. The van der Waals surface area contributed by atoms with Gasteiger partial charge in [-0.2, -0.15) is 0 Å². The Morgan fingerprint density at radius 3 is 2.32 bits per heavy atom. The smallest absolute Gasteiger partial charge is 0.325 e. The molecule has 0 aromatic rings. The van der Waals surface area contributed by atoms with Gasteiger partial charge in [-0.3, -0.25) is 14.5 Å². The molecule has 1 heterocycles. The van der Waals surface area contributed by atoms with E-state index in [9.17, 15) is 14.4 Å². The minimum absolute atomic E-state index is 0.111. The topological polar surface area (TPSA) is 69.7 Å². The Morgan fingerprint density at radius 1 is 1.20 bits per heavy atom. The van der Waals surface area contributed by atoms with Gasteiger partial charge < -0.3 is 10.2 Å². The Kier molecular flexibility index (Phi) is 6.12. The number of hydrogen-bond acceptors (Lipinski definition) is 3. The molecule has 0 bridgehead atoms. The Balaban J connectivity index is 2.11. The molecule has 2 atom stereocenters. The minimum Gasteiger partial charge on any atom is -0.341 e. The normalized spacial score (nSPS) is 26.7. The average molecular weight is 351 g/mol. The van der Waals surface area contributed by atoms with Crippen LogP contribution < -0.4 is 5.32 Å². The molecule has 1 aliphatic carbocycles. The zero-order valence-corrected chi connectivity index (χ0v) is 16.3. The van der Waals surface area contributed by atoms with Crippen molar-refractivity contribution in [1.82, 2.24) is 15.1 Å². The molecule has 0 aromatic carbocycles. The van der Waals surface area contributed by atoms with E-state index >= 15 is 0 Å². The summed E-state index contributed by atoms with van der Waals surface area (Å²) >= 11 is 0. The van der Waals surface area contributed by atoms with Gasteiger partial charge in [0.2, 0.25) is 5.91 Å². The van der Waals surface area contributed by atoms with Crippen molar-refractivity contribution < 1.29 is 14.4 Å². The highest BCUT2D eigenvalue weighted by atomic mass is 16.2. The molecule has 25 heavy (non-hydrogen) atoms. The van der Waals surface area contributed by atoms with E-state index < -0.39 is 11.6 Å². The SMILES string of the molecule is CC(C)CN(CC(C)C)C(=O)CN1C(=O)N[C@]2(CCCC[C@@H]2C)C1=O. The van der Waals surface area contributed by atoms with E-state index in [1.165, 1.54) is 0 Å². The Bertz CT molecular complexity index is 522. The molecule has 4 amide bonds. The van der Waals surface area contributed by atoms with E-state index in [2.05, 4.69) is 33.0 Å². The van der Waals surface area contributed by atoms with Crippen LogP contribution in [0.15, 0.2) is 0 Å². The number of urea groups is 1. The molecular weight excluding hydrogens is 318 g/mol. The van der Waals surface area contributed by atoms with E-state index in [-0.39, 0.29) is 24.3 Å². The Labute approximate surface area is 151 Å². The number of hydrogen-bond donors (Lipinski definition) is 1. The second kappa shape index (κ2) is 7.75. The van der Waals surface area contributed by atoms with E-state index in [4.69, 9.17) is 0 Å².